The summed E-state index contributed by atoms with van der Waals surface area (Å²) in [5.74, 6) is 3.48. The van der Waals surface area contributed by atoms with Gasteiger partial charge in [0, 0.05) is 17.1 Å². The van der Waals surface area contributed by atoms with Crippen LogP contribution in [0.4, 0.5) is 0 Å². The fourth-order valence-corrected chi connectivity index (χ4v) is 3.77. The Balaban J connectivity index is 1.64. The molecule has 2 nitrogen and oxygen atoms in total. The van der Waals surface area contributed by atoms with Crippen LogP contribution in [0.1, 0.15) is 31.2 Å². The summed E-state index contributed by atoms with van der Waals surface area (Å²) in [7, 11) is 0. The summed E-state index contributed by atoms with van der Waals surface area (Å²) in [5, 5.41) is 0.718. The van der Waals surface area contributed by atoms with Crippen LogP contribution in [0.5, 0.6) is 5.75 Å². The van der Waals surface area contributed by atoms with Crippen molar-refractivity contribution in [1.29, 1.82) is 0 Å². The molecule has 0 saturated heterocycles. The normalized spacial score (nSPS) is 29.8. The highest BCUT2D eigenvalue weighted by Crippen LogP contribution is 2.48. The Morgan fingerprint density at radius 1 is 1.28 bits per heavy atom. The predicted octanol–water partition coefficient (Wildman–Crippen LogP) is 3.61. The second-order valence-electron chi connectivity index (χ2n) is 5.70. The molecule has 98 valence electrons. The number of fused-ring (bicyclic) bond motifs is 2. The summed E-state index contributed by atoms with van der Waals surface area (Å²) in [6, 6.07) is 5.71. The molecule has 2 fully saturated rings. The highest BCUT2D eigenvalue weighted by Gasteiger charge is 2.39. The van der Waals surface area contributed by atoms with Gasteiger partial charge < -0.3 is 10.5 Å². The van der Waals surface area contributed by atoms with Crippen LogP contribution in [-0.4, -0.2) is 6.61 Å². The first-order valence-electron chi connectivity index (χ1n) is 6.87. The number of hydrogen-bond donors (Lipinski definition) is 1. The number of nitrogens with two attached hydrogens (primary N) is 1. The summed E-state index contributed by atoms with van der Waals surface area (Å²) < 4.78 is 5.98. The van der Waals surface area contributed by atoms with Gasteiger partial charge in [-0.1, -0.05) is 24.1 Å². The first-order chi connectivity index (χ1) is 8.76. The lowest BCUT2D eigenvalue weighted by Gasteiger charge is -2.22. The van der Waals surface area contributed by atoms with E-state index in [1.807, 2.05) is 18.2 Å². The maximum absolute atomic E-state index is 6.01. The van der Waals surface area contributed by atoms with Crippen molar-refractivity contribution >= 4 is 11.6 Å². The third kappa shape index (κ3) is 2.36. The molecular formula is C15H20ClNO. The van der Waals surface area contributed by atoms with Crippen molar-refractivity contribution in [1.82, 2.24) is 0 Å². The standard InChI is InChI=1S/C15H20ClNO/c16-14-4-3-12(8-17)15(7-14)18-9-13-6-10-1-2-11(13)5-10/h3-4,7,10-11,13H,1-2,5-6,8-9,17H2. The van der Waals surface area contributed by atoms with Crippen molar-refractivity contribution in [3.05, 3.63) is 28.8 Å². The van der Waals surface area contributed by atoms with E-state index in [0.717, 1.165) is 40.7 Å². The summed E-state index contributed by atoms with van der Waals surface area (Å²) in [6.45, 7) is 1.33. The summed E-state index contributed by atoms with van der Waals surface area (Å²) >= 11 is 6.01. The quantitative estimate of drug-likeness (QED) is 0.903. The summed E-state index contributed by atoms with van der Waals surface area (Å²) in [5.41, 5.74) is 6.77. The Bertz CT molecular complexity index is 435. The van der Waals surface area contributed by atoms with Gasteiger partial charge in [0.2, 0.25) is 0 Å². The van der Waals surface area contributed by atoms with Crippen molar-refractivity contribution in [2.75, 3.05) is 6.61 Å². The molecule has 0 aromatic heterocycles. The van der Waals surface area contributed by atoms with Gasteiger partial charge in [-0.3, -0.25) is 0 Å². The van der Waals surface area contributed by atoms with E-state index in [-0.39, 0.29) is 0 Å². The molecule has 3 unspecified atom stereocenters. The third-order valence-electron chi connectivity index (χ3n) is 4.59. The highest BCUT2D eigenvalue weighted by molar-refractivity contribution is 6.30. The van der Waals surface area contributed by atoms with Gasteiger partial charge in [0.05, 0.1) is 6.61 Å². The highest BCUT2D eigenvalue weighted by atomic mass is 35.5. The molecule has 0 heterocycles. The first-order valence-corrected chi connectivity index (χ1v) is 7.25. The van der Waals surface area contributed by atoms with E-state index >= 15 is 0 Å². The van der Waals surface area contributed by atoms with Gasteiger partial charge in [0.1, 0.15) is 5.75 Å². The zero-order valence-electron chi connectivity index (χ0n) is 10.6. The maximum Gasteiger partial charge on any atom is 0.125 e. The molecule has 3 rings (SSSR count). The largest absolute Gasteiger partial charge is 0.493 e. The molecule has 2 saturated carbocycles. The average Bonchev–Trinajstić information content (AvgIpc) is 2.98. The van der Waals surface area contributed by atoms with Gasteiger partial charge in [-0.05, 0) is 49.1 Å². The minimum absolute atomic E-state index is 0.503. The summed E-state index contributed by atoms with van der Waals surface area (Å²) in [4.78, 5) is 0. The predicted molar refractivity (Wildman–Crippen MR) is 73.8 cm³/mol. The number of hydrogen-bond acceptors (Lipinski definition) is 2. The molecule has 0 radical (unpaired) electrons. The van der Waals surface area contributed by atoms with Gasteiger partial charge in [-0.2, -0.15) is 0 Å². The number of rotatable bonds is 4. The smallest absolute Gasteiger partial charge is 0.125 e. The lowest BCUT2D eigenvalue weighted by molar-refractivity contribution is 0.194. The average molecular weight is 266 g/mol. The molecule has 18 heavy (non-hydrogen) atoms. The van der Waals surface area contributed by atoms with E-state index < -0.39 is 0 Å². The fourth-order valence-electron chi connectivity index (χ4n) is 3.61. The molecule has 3 atom stereocenters. The molecule has 1 aromatic carbocycles. The van der Waals surface area contributed by atoms with Crippen LogP contribution < -0.4 is 10.5 Å². The second kappa shape index (κ2) is 5.10. The van der Waals surface area contributed by atoms with Gasteiger partial charge in [0.25, 0.3) is 0 Å². The first kappa shape index (κ1) is 12.3. The maximum atomic E-state index is 6.01. The van der Waals surface area contributed by atoms with Crippen LogP contribution in [0.2, 0.25) is 5.02 Å². The molecular weight excluding hydrogens is 246 g/mol. The molecule has 0 aliphatic heterocycles. The molecule has 2 aliphatic rings. The van der Waals surface area contributed by atoms with E-state index in [1.165, 1.54) is 25.7 Å². The number of benzene rings is 1. The van der Waals surface area contributed by atoms with Crippen LogP contribution in [0.15, 0.2) is 18.2 Å². The van der Waals surface area contributed by atoms with Gasteiger partial charge in [-0.15, -0.1) is 0 Å². The van der Waals surface area contributed by atoms with Crippen molar-refractivity contribution < 1.29 is 4.74 Å². The second-order valence-corrected chi connectivity index (χ2v) is 6.14. The topological polar surface area (TPSA) is 35.2 Å². The van der Waals surface area contributed by atoms with Crippen LogP contribution >= 0.6 is 11.6 Å². The van der Waals surface area contributed by atoms with Gasteiger partial charge in [-0.25, -0.2) is 0 Å². The SMILES string of the molecule is NCc1ccc(Cl)cc1OCC1CC2CCC1C2. The Kier molecular flexibility index (Phi) is 3.49. The molecule has 2 bridgehead atoms. The zero-order chi connectivity index (χ0) is 12.5. The molecule has 2 aliphatic carbocycles. The molecule has 0 amide bonds. The summed E-state index contributed by atoms with van der Waals surface area (Å²) in [6.07, 6.45) is 5.61. The Morgan fingerprint density at radius 2 is 2.17 bits per heavy atom. The van der Waals surface area contributed by atoms with E-state index in [1.54, 1.807) is 0 Å². The fraction of sp³-hybridized carbons (Fsp3) is 0.600. The zero-order valence-corrected chi connectivity index (χ0v) is 11.3. The minimum atomic E-state index is 0.503. The van der Waals surface area contributed by atoms with Crippen molar-refractivity contribution in [3.8, 4) is 5.75 Å². The van der Waals surface area contributed by atoms with Crippen molar-refractivity contribution in [2.45, 2.75) is 32.2 Å². The Morgan fingerprint density at radius 3 is 2.83 bits per heavy atom. The lowest BCUT2D eigenvalue weighted by atomic mass is 9.89. The number of halogens is 1. The molecule has 0 spiro atoms. The monoisotopic (exact) mass is 265 g/mol. The Labute approximate surface area is 113 Å². The van der Waals surface area contributed by atoms with E-state index in [0.29, 0.717) is 6.54 Å². The number of ether oxygens (including phenoxy) is 1. The molecule has 2 N–H and O–H groups in total. The van der Waals surface area contributed by atoms with E-state index in [9.17, 15) is 0 Å². The van der Waals surface area contributed by atoms with E-state index in [4.69, 9.17) is 22.1 Å². The van der Waals surface area contributed by atoms with Crippen LogP contribution in [0.25, 0.3) is 0 Å². The lowest BCUT2D eigenvalue weighted by Crippen LogP contribution is -2.19. The Hall–Kier alpha value is -0.730. The third-order valence-corrected chi connectivity index (χ3v) is 4.82. The van der Waals surface area contributed by atoms with Crippen molar-refractivity contribution in [3.63, 3.8) is 0 Å². The van der Waals surface area contributed by atoms with Gasteiger partial charge >= 0.3 is 0 Å². The van der Waals surface area contributed by atoms with Crippen molar-refractivity contribution in [2.24, 2.45) is 23.5 Å². The van der Waals surface area contributed by atoms with Crippen LogP contribution in [-0.2, 0) is 6.54 Å². The van der Waals surface area contributed by atoms with Crippen LogP contribution in [0.3, 0.4) is 0 Å². The molecule has 1 aromatic rings. The molecule has 3 heteroatoms. The minimum Gasteiger partial charge on any atom is -0.493 e. The van der Waals surface area contributed by atoms with Gasteiger partial charge in [0.15, 0.2) is 0 Å². The van der Waals surface area contributed by atoms with E-state index in [2.05, 4.69) is 0 Å². The van der Waals surface area contributed by atoms with Crippen LogP contribution in [0, 0.1) is 17.8 Å².